The van der Waals surface area contributed by atoms with Crippen molar-refractivity contribution in [2.24, 2.45) is 0 Å². The van der Waals surface area contributed by atoms with E-state index in [9.17, 15) is 4.79 Å². The minimum absolute atomic E-state index is 0.0417. The highest BCUT2D eigenvalue weighted by Gasteiger charge is 2.23. The molecular formula is C7H9NOS2. The van der Waals surface area contributed by atoms with E-state index in [-0.39, 0.29) is 5.91 Å². The Labute approximate surface area is 75.6 Å². The summed E-state index contributed by atoms with van der Waals surface area (Å²) in [5.41, 5.74) is 0.551. The molecule has 1 saturated heterocycles. The number of hydrogen-bond donors (Lipinski definition) is 0. The van der Waals surface area contributed by atoms with Crippen molar-refractivity contribution < 1.29 is 4.79 Å². The van der Waals surface area contributed by atoms with Gasteiger partial charge in [0.05, 0.1) is 0 Å². The van der Waals surface area contributed by atoms with Crippen molar-refractivity contribution in [2.75, 3.05) is 12.3 Å². The number of hydrogen-bond acceptors (Lipinski definition) is 3. The van der Waals surface area contributed by atoms with Crippen molar-refractivity contribution in [3.05, 3.63) is 12.2 Å². The average molecular weight is 187 g/mol. The van der Waals surface area contributed by atoms with E-state index in [0.717, 1.165) is 12.3 Å². The molecule has 0 N–H and O–H groups in total. The highest BCUT2D eigenvalue weighted by molar-refractivity contribution is 8.23. The summed E-state index contributed by atoms with van der Waals surface area (Å²) in [4.78, 5) is 12.9. The lowest BCUT2D eigenvalue weighted by molar-refractivity contribution is -0.122. The summed E-state index contributed by atoms with van der Waals surface area (Å²) in [7, 11) is 0. The molecule has 11 heavy (non-hydrogen) atoms. The SMILES string of the molecule is C=C(C)C(=O)N1CCSC1=S. The topological polar surface area (TPSA) is 20.3 Å². The fourth-order valence-corrected chi connectivity index (χ4v) is 2.01. The van der Waals surface area contributed by atoms with Gasteiger partial charge in [-0.2, -0.15) is 0 Å². The summed E-state index contributed by atoms with van der Waals surface area (Å²) in [5, 5.41) is 0. The van der Waals surface area contributed by atoms with Crippen LogP contribution in [0.3, 0.4) is 0 Å². The summed E-state index contributed by atoms with van der Waals surface area (Å²) >= 11 is 6.51. The number of nitrogens with zero attached hydrogens (tertiary/aromatic N) is 1. The van der Waals surface area contributed by atoms with Crippen molar-refractivity contribution in [3.63, 3.8) is 0 Å². The Kier molecular flexibility index (Phi) is 2.67. The monoisotopic (exact) mass is 187 g/mol. The van der Waals surface area contributed by atoms with Gasteiger partial charge in [0.1, 0.15) is 4.32 Å². The van der Waals surface area contributed by atoms with Gasteiger partial charge in [-0.15, -0.1) is 0 Å². The van der Waals surface area contributed by atoms with Gasteiger partial charge >= 0.3 is 0 Å². The molecule has 4 heteroatoms. The first-order valence-electron chi connectivity index (χ1n) is 3.27. The van der Waals surface area contributed by atoms with E-state index in [1.54, 1.807) is 23.6 Å². The first-order chi connectivity index (χ1) is 5.13. The third kappa shape index (κ3) is 1.81. The molecule has 0 spiro atoms. The Morgan fingerprint density at radius 3 is 2.82 bits per heavy atom. The first-order valence-corrected chi connectivity index (χ1v) is 4.66. The molecule has 60 valence electrons. The first kappa shape index (κ1) is 8.74. The van der Waals surface area contributed by atoms with Gasteiger partial charge in [-0.25, -0.2) is 0 Å². The second kappa shape index (κ2) is 3.36. The molecule has 0 aromatic rings. The molecule has 1 fully saturated rings. The highest BCUT2D eigenvalue weighted by Crippen LogP contribution is 2.19. The van der Waals surface area contributed by atoms with Gasteiger partial charge < -0.3 is 0 Å². The Bertz CT molecular complexity index is 224. The molecule has 0 atom stereocenters. The largest absolute Gasteiger partial charge is 0.293 e. The van der Waals surface area contributed by atoms with E-state index in [1.165, 1.54) is 0 Å². The van der Waals surface area contributed by atoms with E-state index in [0.29, 0.717) is 9.89 Å². The van der Waals surface area contributed by atoms with Crippen LogP contribution >= 0.6 is 24.0 Å². The molecule has 0 saturated carbocycles. The van der Waals surface area contributed by atoms with Crippen LogP contribution in [0.5, 0.6) is 0 Å². The lowest BCUT2D eigenvalue weighted by Gasteiger charge is -2.13. The summed E-state index contributed by atoms with van der Waals surface area (Å²) in [6.07, 6.45) is 0. The van der Waals surface area contributed by atoms with Gasteiger partial charge in [-0.05, 0) is 6.92 Å². The second-order valence-corrected chi connectivity index (χ2v) is 4.08. The van der Waals surface area contributed by atoms with Crippen LogP contribution in [0, 0.1) is 0 Å². The zero-order valence-corrected chi connectivity index (χ0v) is 7.93. The molecule has 0 radical (unpaired) electrons. The molecular weight excluding hydrogens is 178 g/mol. The van der Waals surface area contributed by atoms with Gasteiger partial charge in [-0.1, -0.05) is 30.6 Å². The Hall–Kier alpha value is -0.350. The number of rotatable bonds is 1. The maximum absolute atomic E-state index is 11.3. The lowest BCUT2D eigenvalue weighted by atomic mass is 10.3. The fourth-order valence-electron chi connectivity index (χ4n) is 0.808. The van der Waals surface area contributed by atoms with Gasteiger partial charge in [0, 0.05) is 17.9 Å². The third-order valence-corrected chi connectivity index (χ3v) is 2.80. The normalized spacial score (nSPS) is 17.2. The van der Waals surface area contributed by atoms with Gasteiger partial charge in [-0.3, -0.25) is 9.69 Å². The van der Waals surface area contributed by atoms with Crippen LogP contribution in [0.2, 0.25) is 0 Å². The Balaban J connectivity index is 2.67. The molecule has 0 unspecified atom stereocenters. The highest BCUT2D eigenvalue weighted by atomic mass is 32.2. The number of thiocarbonyl (C=S) groups is 1. The molecule has 1 heterocycles. The van der Waals surface area contributed by atoms with Crippen molar-refractivity contribution in [1.29, 1.82) is 0 Å². The third-order valence-electron chi connectivity index (χ3n) is 1.37. The summed E-state index contributed by atoms with van der Waals surface area (Å²) < 4.78 is 0.679. The predicted octanol–water partition coefficient (Wildman–Crippen LogP) is 1.42. The van der Waals surface area contributed by atoms with Gasteiger partial charge in [0.15, 0.2) is 0 Å². The predicted molar refractivity (Wildman–Crippen MR) is 51.6 cm³/mol. The molecule has 0 aromatic carbocycles. The van der Waals surface area contributed by atoms with Crippen LogP contribution in [0.4, 0.5) is 0 Å². The second-order valence-electron chi connectivity index (χ2n) is 2.35. The van der Waals surface area contributed by atoms with E-state index in [4.69, 9.17) is 12.2 Å². The van der Waals surface area contributed by atoms with Crippen molar-refractivity contribution >= 4 is 34.2 Å². The Morgan fingerprint density at radius 1 is 1.82 bits per heavy atom. The van der Waals surface area contributed by atoms with Crippen LogP contribution < -0.4 is 0 Å². The van der Waals surface area contributed by atoms with Crippen molar-refractivity contribution in [3.8, 4) is 0 Å². The maximum Gasteiger partial charge on any atom is 0.254 e. The number of amides is 1. The van der Waals surface area contributed by atoms with E-state index < -0.39 is 0 Å². The molecule has 0 aromatic heterocycles. The van der Waals surface area contributed by atoms with E-state index in [1.807, 2.05) is 0 Å². The Morgan fingerprint density at radius 2 is 2.45 bits per heavy atom. The smallest absolute Gasteiger partial charge is 0.254 e. The van der Waals surface area contributed by atoms with Crippen LogP contribution in [0.15, 0.2) is 12.2 Å². The molecule has 0 aliphatic carbocycles. The van der Waals surface area contributed by atoms with Crippen molar-refractivity contribution in [1.82, 2.24) is 4.90 Å². The summed E-state index contributed by atoms with van der Waals surface area (Å²) in [5.74, 6) is 0.873. The minimum atomic E-state index is -0.0417. The van der Waals surface area contributed by atoms with Crippen molar-refractivity contribution in [2.45, 2.75) is 6.92 Å². The zero-order valence-electron chi connectivity index (χ0n) is 6.29. The minimum Gasteiger partial charge on any atom is -0.293 e. The quantitative estimate of drug-likeness (QED) is 0.457. The van der Waals surface area contributed by atoms with E-state index >= 15 is 0 Å². The van der Waals surface area contributed by atoms with E-state index in [2.05, 4.69) is 6.58 Å². The lowest BCUT2D eigenvalue weighted by Crippen LogP contribution is -2.30. The summed E-state index contributed by atoms with van der Waals surface area (Å²) in [6, 6.07) is 0. The zero-order chi connectivity index (χ0) is 8.43. The maximum atomic E-state index is 11.3. The number of carbonyl (C=O) groups excluding carboxylic acids is 1. The summed E-state index contributed by atoms with van der Waals surface area (Å²) in [6.45, 7) is 6.01. The van der Waals surface area contributed by atoms with Crippen LogP contribution in [-0.2, 0) is 4.79 Å². The number of thioether (sulfide) groups is 1. The molecule has 0 bridgehead atoms. The van der Waals surface area contributed by atoms with Crippen LogP contribution in [-0.4, -0.2) is 27.4 Å². The van der Waals surface area contributed by atoms with Gasteiger partial charge in [0.2, 0.25) is 0 Å². The molecule has 1 rings (SSSR count). The molecule has 1 aliphatic rings. The fraction of sp³-hybridized carbons (Fsp3) is 0.429. The standard InChI is InChI=1S/C7H9NOS2/c1-5(2)6(9)8-3-4-11-7(8)10/h1,3-4H2,2H3. The van der Waals surface area contributed by atoms with Crippen LogP contribution in [0.1, 0.15) is 6.92 Å². The molecule has 1 amide bonds. The average Bonchev–Trinajstić information content (AvgIpc) is 2.33. The van der Waals surface area contributed by atoms with Crippen LogP contribution in [0.25, 0.3) is 0 Å². The molecule has 1 aliphatic heterocycles. The van der Waals surface area contributed by atoms with Gasteiger partial charge in [0.25, 0.3) is 5.91 Å². The molecule has 2 nitrogen and oxygen atoms in total. The number of carbonyl (C=O) groups is 1.